The lowest BCUT2D eigenvalue weighted by molar-refractivity contribution is 0.0701. The number of rotatable bonds is 3. The standard InChI is InChI=1S/C13H26N2/c1-10(2)4-5-15-8-12-6-13(9-15)11(3)14-7-12/h10-14H,4-9H2,1-3H3/t11-,12+,13-/m0/s1. The van der Waals surface area contributed by atoms with Crippen LogP contribution in [-0.2, 0) is 0 Å². The van der Waals surface area contributed by atoms with Gasteiger partial charge in [-0.2, -0.15) is 0 Å². The van der Waals surface area contributed by atoms with E-state index in [-0.39, 0.29) is 0 Å². The van der Waals surface area contributed by atoms with Crippen LogP contribution in [-0.4, -0.2) is 37.1 Å². The topological polar surface area (TPSA) is 15.3 Å². The minimum atomic E-state index is 0.739. The maximum atomic E-state index is 3.64. The second kappa shape index (κ2) is 4.84. The van der Waals surface area contributed by atoms with Crippen LogP contribution in [0.15, 0.2) is 0 Å². The Labute approximate surface area is 94.4 Å². The first kappa shape index (κ1) is 11.4. The molecule has 0 radical (unpaired) electrons. The van der Waals surface area contributed by atoms with Gasteiger partial charge in [0.1, 0.15) is 0 Å². The molecule has 2 bridgehead atoms. The Kier molecular flexibility index (Phi) is 3.68. The lowest BCUT2D eigenvalue weighted by Crippen LogP contribution is -2.55. The Hall–Kier alpha value is -0.0800. The summed E-state index contributed by atoms with van der Waals surface area (Å²) in [5.74, 6) is 2.68. The van der Waals surface area contributed by atoms with Gasteiger partial charge in [0, 0.05) is 19.1 Å². The van der Waals surface area contributed by atoms with Crippen molar-refractivity contribution in [3.8, 4) is 0 Å². The molecule has 15 heavy (non-hydrogen) atoms. The number of hydrogen-bond acceptors (Lipinski definition) is 2. The molecule has 0 saturated carbocycles. The molecule has 2 heterocycles. The Morgan fingerprint density at radius 3 is 2.87 bits per heavy atom. The Morgan fingerprint density at radius 2 is 2.13 bits per heavy atom. The van der Waals surface area contributed by atoms with Gasteiger partial charge in [-0.3, -0.25) is 0 Å². The molecule has 3 atom stereocenters. The third-order valence-electron chi connectivity index (χ3n) is 4.10. The molecule has 0 aromatic rings. The van der Waals surface area contributed by atoms with Crippen molar-refractivity contribution in [2.75, 3.05) is 26.2 Å². The van der Waals surface area contributed by atoms with Crippen LogP contribution in [0.4, 0.5) is 0 Å². The van der Waals surface area contributed by atoms with Gasteiger partial charge in [0.05, 0.1) is 0 Å². The molecule has 0 aromatic carbocycles. The summed E-state index contributed by atoms with van der Waals surface area (Å²) in [5, 5.41) is 3.64. The molecule has 2 fully saturated rings. The van der Waals surface area contributed by atoms with Crippen molar-refractivity contribution in [2.24, 2.45) is 17.8 Å². The highest BCUT2D eigenvalue weighted by atomic mass is 15.2. The minimum absolute atomic E-state index is 0.739. The van der Waals surface area contributed by atoms with Crippen LogP contribution in [0.3, 0.4) is 0 Å². The van der Waals surface area contributed by atoms with Crippen LogP contribution in [0.2, 0.25) is 0 Å². The van der Waals surface area contributed by atoms with Crippen LogP contribution in [0.25, 0.3) is 0 Å². The summed E-state index contributed by atoms with van der Waals surface area (Å²) < 4.78 is 0. The van der Waals surface area contributed by atoms with E-state index in [9.17, 15) is 0 Å². The molecule has 0 aliphatic carbocycles. The van der Waals surface area contributed by atoms with Crippen LogP contribution in [0.1, 0.15) is 33.6 Å². The molecule has 2 nitrogen and oxygen atoms in total. The van der Waals surface area contributed by atoms with Crippen LogP contribution in [0.5, 0.6) is 0 Å². The van der Waals surface area contributed by atoms with Crippen LogP contribution >= 0.6 is 0 Å². The summed E-state index contributed by atoms with van der Waals surface area (Å²) in [4.78, 5) is 2.70. The third kappa shape index (κ3) is 2.94. The summed E-state index contributed by atoms with van der Waals surface area (Å²) in [5.41, 5.74) is 0. The van der Waals surface area contributed by atoms with Crippen LogP contribution in [0, 0.1) is 17.8 Å². The highest BCUT2D eigenvalue weighted by Gasteiger charge is 2.33. The van der Waals surface area contributed by atoms with E-state index < -0.39 is 0 Å². The molecule has 2 rings (SSSR count). The fourth-order valence-corrected chi connectivity index (χ4v) is 3.00. The summed E-state index contributed by atoms with van der Waals surface area (Å²) in [6, 6.07) is 0.739. The number of nitrogens with zero attached hydrogens (tertiary/aromatic N) is 1. The zero-order chi connectivity index (χ0) is 10.8. The molecule has 2 aliphatic heterocycles. The van der Waals surface area contributed by atoms with Crippen LogP contribution < -0.4 is 5.32 Å². The van der Waals surface area contributed by atoms with Gasteiger partial charge < -0.3 is 10.2 Å². The largest absolute Gasteiger partial charge is 0.314 e. The van der Waals surface area contributed by atoms with E-state index in [0.717, 1.165) is 23.8 Å². The quantitative estimate of drug-likeness (QED) is 0.766. The number of fused-ring (bicyclic) bond motifs is 2. The Morgan fingerprint density at radius 1 is 1.33 bits per heavy atom. The average Bonchev–Trinajstić information content (AvgIpc) is 2.21. The molecule has 0 amide bonds. The molecule has 2 heteroatoms. The zero-order valence-corrected chi connectivity index (χ0v) is 10.5. The van der Waals surface area contributed by atoms with Gasteiger partial charge in [-0.25, -0.2) is 0 Å². The van der Waals surface area contributed by atoms with Crippen molar-refractivity contribution in [1.29, 1.82) is 0 Å². The normalized spacial score (nSPS) is 37.2. The Balaban J connectivity index is 1.83. The van der Waals surface area contributed by atoms with Gasteiger partial charge in [0.25, 0.3) is 0 Å². The smallest absolute Gasteiger partial charge is 0.00794 e. The van der Waals surface area contributed by atoms with Gasteiger partial charge in [0.15, 0.2) is 0 Å². The highest BCUT2D eigenvalue weighted by molar-refractivity contribution is 4.90. The molecule has 2 aliphatic rings. The average molecular weight is 210 g/mol. The maximum absolute atomic E-state index is 3.64. The monoisotopic (exact) mass is 210 g/mol. The van der Waals surface area contributed by atoms with E-state index in [1.165, 1.54) is 39.0 Å². The lowest BCUT2D eigenvalue weighted by atomic mass is 9.81. The van der Waals surface area contributed by atoms with Gasteiger partial charge in [-0.05, 0) is 50.6 Å². The van der Waals surface area contributed by atoms with E-state index >= 15 is 0 Å². The van der Waals surface area contributed by atoms with E-state index in [2.05, 4.69) is 31.0 Å². The van der Waals surface area contributed by atoms with E-state index in [0.29, 0.717) is 0 Å². The van der Waals surface area contributed by atoms with Gasteiger partial charge in [0.2, 0.25) is 0 Å². The van der Waals surface area contributed by atoms with Crippen molar-refractivity contribution >= 4 is 0 Å². The minimum Gasteiger partial charge on any atom is -0.314 e. The first-order valence-electron chi connectivity index (χ1n) is 6.61. The van der Waals surface area contributed by atoms with Crippen molar-refractivity contribution in [1.82, 2.24) is 10.2 Å². The van der Waals surface area contributed by atoms with E-state index in [1.807, 2.05) is 0 Å². The highest BCUT2D eigenvalue weighted by Crippen LogP contribution is 2.28. The predicted molar refractivity (Wildman–Crippen MR) is 65.0 cm³/mol. The first-order valence-corrected chi connectivity index (χ1v) is 6.61. The fraction of sp³-hybridized carbons (Fsp3) is 1.00. The molecule has 0 aromatic heterocycles. The van der Waals surface area contributed by atoms with Crippen molar-refractivity contribution in [3.63, 3.8) is 0 Å². The SMILES string of the molecule is CC(C)CCN1C[C@H]2CN[C@@H](C)[C@@H](C2)C1. The van der Waals surface area contributed by atoms with Gasteiger partial charge >= 0.3 is 0 Å². The second-order valence-electron chi connectivity index (χ2n) is 6.00. The molecule has 0 unspecified atom stereocenters. The molecule has 2 saturated heterocycles. The molecule has 88 valence electrons. The van der Waals surface area contributed by atoms with Gasteiger partial charge in [-0.15, -0.1) is 0 Å². The molecule has 0 spiro atoms. The first-order chi connectivity index (χ1) is 7.15. The van der Waals surface area contributed by atoms with Gasteiger partial charge in [-0.1, -0.05) is 13.8 Å². The van der Waals surface area contributed by atoms with E-state index in [4.69, 9.17) is 0 Å². The molecular formula is C13H26N2. The second-order valence-corrected chi connectivity index (χ2v) is 6.00. The number of likely N-dealkylation sites (tertiary alicyclic amines) is 1. The Bertz CT molecular complexity index is 203. The summed E-state index contributed by atoms with van der Waals surface area (Å²) >= 11 is 0. The number of piperidine rings is 2. The summed E-state index contributed by atoms with van der Waals surface area (Å²) in [6.07, 6.45) is 2.83. The summed E-state index contributed by atoms with van der Waals surface area (Å²) in [7, 11) is 0. The number of nitrogens with one attached hydrogen (secondary N) is 1. The van der Waals surface area contributed by atoms with E-state index in [1.54, 1.807) is 0 Å². The number of hydrogen-bond donors (Lipinski definition) is 1. The van der Waals surface area contributed by atoms with Crippen molar-refractivity contribution in [2.45, 2.75) is 39.7 Å². The molecular weight excluding hydrogens is 184 g/mol. The van der Waals surface area contributed by atoms with Crippen molar-refractivity contribution < 1.29 is 0 Å². The zero-order valence-electron chi connectivity index (χ0n) is 10.5. The predicted octanol–water partition coefficient (Wildman–Crippen LogP) is 1.96. The lowest BCUT2D eigenvalue weighted by Gasteiger charge is -2.45. The third-order valence-corrected chi connectivity index (χ3v) is 4.10. The molecule has 1 N–H and O–H groups in total. The fourth-order valence-electron chi connectivity index (χ4n) is 3.00. The van der Waals surface area contributed by atoms with Crippen molar-refractivity contribution in [3.05, 3.63) is 0 Å². The maximum Gasteiger partial charge on any atom is 0.00794 e. The summed E-state index contributed by atoms with van der Waals surface area (Å²) in [6.45, 7) is 12.2.